The molecule has 0 saturated carbocycles. The highest BCUT2D eigenvalue weighted by Gasteiger charge is 2.58. The van der Waals surface area contributed by atoms with Crippen LogP contribution in [-0.4, -0.2) is 4.74 Å². The Labute approximate surface area is 385 Å². The highest BCUT2D eigenvalue weighted by Crippen LogP contribution is 2.68. The molecule has 0 aromatic heterocycles. The van der Waals surface area contributed by atoms with Gasteiger partial charge >= 0.3 is 5.75 Å². The van der Waals surface area contributed by atoms with E-state index in [-0.39, 0.29) is 5.41 Å². The number of benzene rings is 8. The summed E-state index contributed by atoms with van der Waals surface area (Å²) < 4.78 is 12.6. The Balaban J connectivity index is 0.836. The van der Waals surface area contributed by atoms with Crippen molar-refractivity contribution in [2.24, 2.45) is 5.92 Å². The zero-order valence-electron chi connectivity index (χ0n) is 36.5. The van der Waals surface area contributed by atoms with Gasteiger partial charge in [0, 0.05) is 34.6 Å². The van der Waals surface area contributed by atoms with Gasteiger partial charge in [-0.3, -0.25) is 0 Å². The van der Waals surface area contributed by atoms with Crippen LogP contribution in [0.4, 0.5) is 17.1 Å². The zero-order chi connectivity index (χ0) is 43.3. The molecule has 2 unspecified atom stereocenters. The number of allylic oxidation sites excluding steroid dienone is 11. The molecule has 1 heterocycles. The van der Waals surface area contributed by atoms with Gasteiger partial charge in [0.2, 0.25) is 11.5 Å². The molecule has 8 aromatic rings. The summed E-state index contributed by atoms with van der Waals surface area (Å²) in [6.45, 7) is 0. The van der Waals surface area contributed by atoms with Crippen molar-refractivity contribution < 1.29 is 9.47 Å². The number of fused-ring (bicyclic) bond motifs is 12. The van der Waals surface area contributed by atoms with Gasteiger partial charge in [0.25, 0.3) is 5.76 Å². The summed E-state index contributed by atoms with van der Waals surface area (Å²) in [5, 5.41) is 4.85. The van der Waals surface area contributed by atoms with Crippen LogP contribution < -0.4 is 9.64 Å². The first kappa shape index (κ1) is 37.5. The van der Waals surface area contributed by atoms with Crippen LogP contribution in [0.1, 0.15) is 43.2 Å². The fraction of sp³-hybridized carbons (Fsp3) is 0.111. The zero-order valence-corrected chi connectivity index (χ0v) is 36.5. The van der Waals surface area contributed by atoms with Gasteiger partial charge in [-0.1, -0.05) is 146 Å². The molecule has 0 bridgehead atoms. The fourth-order valence-corrected chi connectivity index (χ4v) is 12.3. The second-order valence-electron chi connectivity index (χ2n) is 18.6. The molecule has 66 heavy (non-hydrogen) atoms. The third kappa shape index (κ3) is 5.56. The number of nitrogens with zero attached hydrogens (tertiary/aromatic N) is 1. The molecule has 1 N–H and O–H groups in total. The maximum absolute atomic E-state index is 7.11. The minimum atomic E-state index is -0.196. The quantitative estimate of drug-likeness (QED) is 0.161. The van der Waals surface area contributed by atoms with Crippen LogP contribution in [-0.2, 0) is 5.41 Å². The van der Waals surface area contributed by atoms with Crippen LogP contribution in [0.5, 0.6) is 11.5 Å². The molecule has 1 spiro atoms. The molecule has 1 aliphatic heterocycles. The van der Waals surface area contributed by atoms with Crippen LogP contribution in [0, 0.1) is 5.92 Å². The monoisotopic (exact) mass is 848 g/mol. The smallest absolute Gasteiger partial charge is 0.304 e. The van der Waals surface area contributed by atoms with Gasteiger partial charge in [-0.25, -0.2) is 0 Å². The molecular formula is C63H46NO2+. The van der Waals surface area contributed by atoms with E-state index in [1.54, 1.807) is 16.7 Å². The first-order valence-electron chi connectivity index (χ1n) is 23.6. The first-order valence-corrected chi connectivity index (χ1v) is 23.6. The third-order valence-electron chi connectivity index (χ3n) is 15.1. The molecular weight excluding hydrogens is 803 g/mol. The molecule has 5 aliphatic carbocycles. The molecule has 314 valence electrons. The summed E-state index contributed by atoms with van der Waals surface area (Å²) in [7, 11) is 0. The Bertz CT molecular complexity index is 3580. The van der Waals surface area contributed by atoms with Crippen molar-refractivity contribution in [1.29, 1.82) is 0 Å². The predicted molar refractivity (Wildman–Crippen MR) is 271 cm³/mol. The lowest BCUT2D eigenvalue weighted by Gasteiger charge is -2.38. The molecule has 3 nitrogen and oxygen atoms in total. The molecule has 0 saturated heterocycles. The minimum absolute atomic E-state index is 0.196. The largest absolute Gasteiger partial charge is 0.544 e. The standard InChI is InChI=1S/C63H45NO2/c1-2-13-40(14-3-1)44-25-26-46-38-50(31-28-45(46)35-44)64(49-30-27-41-15-4-5-16-42(41)36-49)48-18-12-17-43(37-48)47-29-33-58-60(39-47)65-59-34-32-57-61(62(59)66-58)53-21-8-11-24-56(53)63(57)54-22-9-6-19-51(54)52-20-7-10-23-55(52)63/h1-9,11-18,20-22,24-31,33,35-39,51H,10,19,23,32,34H2/p+1. The van der Waals surface area contributed by atoms with E-state index in [1.807, 2.05) is 0 Å². The Morgan fingerprint density at radius 1 is 0.545 bits per heavy atom. The highest BCUT2D eigenvalue weighted by atomic mass is 16.6. The molecule has 0 fully saturated rings. The van der Waals surface area contributed by atoms with Gasteiger partial charge in [0.1, 0.15) is 0 Å². The maximum Gasteiger partial charge on any atom is 0.304 e. The van der Waals surface area contributed by atoms with Crippen molar-refractivity contribution in [3.8, 4) is 33.8 Å². The molecule has 14 rings (SSSR count). The van der Waals surface area contributed by atoms with Crippen LogP contribution in [0.25, 0.3) is 49.4 Å². The fourth-order valence-electron chi connectivity index (χ4n) is 12.3. The predicted octanol–water partition coefficient (Wildman–Crippen LogP) is 16.3. The van der Waals surface area contributed by atoms with Gasteiger partial charge in [-0.15, -0.1) is 0 Å². The molecule has 6 aliphatic rings. The summed E-state index contributed by atoms with van der Waals surface area (Å²) in [5.41, 5.74) is 18.0. The van der Waals surface area contributed by atoms with E-state index in [0.29, 0.717) is 5.92 Å². The minimum Gasteiger partial charge on any atom is -0.544 e. The lowest BCUT2D eigenvalue weighted by Crippen LogP contribution is -2.31. The first-order chi connectivity index (χ1) is 32.7. The van der Waals surface area contributed by atoms with Crippen molar-refractivity contribution in [3.05, 3.63) is 251 Å². The number of aliphatic hydroxyl groups is 1. The number of hydrogen-bond acceptors (Lipinski definition) is 2. The summed E-state index contributed by atoms with van der Waals surface area (Å²) in [6, 6.07) is 64.2. The Morgan fingerprint density at radius 3 is 2.17 bits per heavy atom. The maximum atomic E-state index is 7.11. The van der Waals surface area contributed by atoms with Gasteiger partial charge in [0.15, 0.2) is 0 Å². The number of rotatable bonds is 5. The number of aromatic hydroxyl groups is 1. The number of hydrogen-bond donors (Lipinski definition) is 0. The Kier molecular flexibility index (Phi) is 8.28. The van der Waals surface area contributed by atoms with Crippen molar-refractivity contribution >= 4 is 44.2 Å². The SMILES string of the molecule is C1=CCC2C(=C1)C1(C3=C(C4=C(CC3)[OH+]c3cc(-c5cccc(N(c6ccc7ccccc7c6)c6ccc7cc(-c8ccccc8)ccc7c6)c5)ccc3O4)c3ccccc31)C1=C2C=CCC1. The van der Waals surface area contributed by atoms with Crippen molar-refractivity contribution in [1.82, 2.24) is 0 Å². The van der Waals surface area contributed by atoms with Crippen molar-refractivity contribution in [3.63, 3.8) is 0 Å². The average molecular weight is 849 g/mol. The van der Waals surface area contributed by atoms with E-state index in [9.17, 15) is 0 Å². The normalized spacial score (nSPS) is 19.8. The van der Waals surface area contributed by atoms with Crippen LogP contribution in [0.3, 0.4) is 0 Å². The van der Waals surface area contributed by atoms with Crippen LogP contribution in [0.2, 0.25) is 0 Å². The Hall–Kier alpha value is -7.88. The van der Waals surface area contributed by atoms with Crippen molar-refractivity contribution in [2.45, 2.75) is 37.5 Å². The molecule has 0 amide bonds. The molecule has 8 aromatic carbocycles. The summed E-state index contributed by atoms with van der Waals surface area (Å²) in [5.74, 6) is 4.14. The number of ether oxygens (including phenoxy) is 2. The van der Waals surface area contributed by atoms with Crippen LogP contribution >= 0.6 is 0 Å². The second-order valence-corrected chi connectivity index (χ2v) is 18.6. The average Bonchev–Trinajstić information content (AvgIpc) is 3.86. The van der Waals surface area contributed by atoms with Crippen LogP contribution in [0.15, 0.2) is 240 Å². The summed E-state index contributed by atoms with van der Waals surface area (Å²) >= 11 is 0. The van der Waals surface area contributed by atoms with Gasteiger partial charge in [-0.2, -0.15) is 0 Å². The van der Waals surface area contributed by atoms with E-state index >= 15 is 0 Å². The molecule has 3 heteroatoms. The van der Waals surface area contributed by atoms with E-state index in [1.165, 1.54) is 54.9 Å². The molecule has 0 radical (unpaired) electrons. The summed E-state index contributed by atoms with van der Waals surface area (Å²) in [4.78, 5) is 2.39. The lowest BCUT2D eigenvalue weighted by molar-refractivity contribution is 0.103. The lowest BCUT2D eigenvalue weighted by atomic mass is 9.64. The van der Waals surface area contributed by atoms with Gasteiger partial charge in [0.05, 0.1) is 11.8 Å². The van der Waals surface area contributed by atoms with E-state index in [2.05, 4.69) is 211 Å². The van der Waals surface area contributed by atoms with Crippen molar-refractivity contribution in [2.75, 3.05) is 4.90 Å². The highest BCUT2D eigenvalue weighted by molar-refractivity contribution is 5.96. The number of anilines is 3. The van der Waals surface area contributed by atoms with E-state index in [0.717, 1.165) is 83.3 Å². The van der Waals surface area contributed by atoms with E-state index in [4.69, 9.17) is 9.47 Å². The van der Waals surface area contributed by atoms with Gasteiger partial charge in [-0.05, 0) is 157 Å². The third-order valence-corrected chi connectivity index (χ3v) is 15.1. The van der Waals surface area contributed by atoms with Gasteiger partial charge < -0.3 is 14.4 Å². The second kappa shape index (κ2) is 14.6. The Morgan fingerprint density at radius 2 is 1.26 bits per heavy atom. The topological polar surface area (TPSA) is 25.3 Å². The van der Waals surface area contributed by atoms with E-state index < -0.39 is 0 Å². The summed E-state index contributed by atoms with van der Waals surface area (Å²) in [6.07, 6.45) is 17.0. The molecule has 2 atom stereocenters.